The molecule has 3 aromatic carbocycles. The maximum atomic E-state index is 12.4. The number of hydrogen-bond acceptors (Lipinski definition) is 4. The van der Waals surface area contributed by atoms with E-state index in [1.807, 2.05) is 66.7 Å². The second-order valence-corrected chi connectivity index (χ2v) is 8.83. The van der Waals surface area contributed by atoms with Crippen molar-refractivity contribution in [2.24, 2.45) is 0 Å². The molecule has 1 N–H and O–H groups in total. The minimum absolute atomic E-state index is 0.0653. The van der Waals surface area contributed by atoms with Crippen molar-refractivity contribution in [1.29, 1.82) is 0 Å². The van der Waals surface area contributed by atoms with Crippen molar-refractivity contribution in [3.8, 4) is 11.5 Å². The van der Waals surface area contributed by atoms with Gasteiger partial charge in [-0.1, -0.05) is 40.2 Å². The first-order valence-corrected chi connectivity index (χ1v) is 12.2. The van der Waals surface area contributed by atoms with Gasteiger partial charge < -0.3 is 19.4 Å². The number of fused-ring (bicyclic) bond motifs is 1. The third kappa shape index (κ3) is 6.17. The minimum Gasteiger partial charge on any atom is -0.497 e. The van der Waals surface area contributed by atoms with Crippen LogP contribution < -0.4 is 14.8 Å². The molecule has 1 heterocycles. The number of hydrogen-bond donors (Lipinski definition) is 1. The average molecular weight is 522 g/mol. The minimum atomic E-state index is -0.0653. The van der Waals surface area contributed by atoms with E-state index in [1.54, 1.807) is 7.11 Å². The molecule has 0 radical (unpaired) electrons. The summed E-state index contributed by atoms with van der Waals surface area (Å²) in [7, 11) is 1.65. The average Bonchev–Trinajstić information content (AvgIpc) is 3.21. The maximum absolute atomic E-state index is 12.4. The van der Waals surface area contributed by atoms with E-state index in [1.165, 1.54) is 0 Å². The van der Waals surface area contributed by atoms with Crippen LogP contribution in [0, 0.1) is 0 Å². The second kappa shape index (κ2) is 11.7. The zero-order valence-electron chi connectivity index (χ0n) is 19.2. The molecule has 0 aliphatic heterocycles. The lowest BCUT2D eigenvalue weighted by molar-refractivity contribution is 0.0953. The van der Waals surface area contributed by atoms with Crippen LogP contribution in [-0.4, -0.2) is 35.7 Å². The molecule has 0 unspecified atom stereocenters. The van der Waals surface area contributed by atoms with Crippen LogP contribution in [0.25, 0.3) is 11.0 Å². The van der Waals surface area contributed by atoms with Crippen molar-refractivity contribution in [2.45, 2.75) is 25.8 Å². The molecule has 176 valence electrons. The summed E-state index contributed by atoms with van der Waals surface area (Å²) in [5, 5.41) is 3.00. The molecule has 0 bridgehead atoms. The van der Waals surface area contributed by atoms with Crippen molar-refractivity contribution >= 4 is 32.9 Å². The van der Waals surface area contributed by atoms with Gasteiger partial charge in [0.2, 0.25) is 0 Å². The first-order valence-electron chi connectivity index (χ1n) is 11.4. The molecule has 0 saturated carbocycles. The van der Waals surface area contributed by atoms with Crippen LogP contribution in [0.1, 0.15) is 29.0 Å². The van der Waals surface area contributed by atoms with E-state index >= 15 is 0 Å². The third-order valence-electron chi connectivity index (χ3n) is 5.52. The molecule has 0 atom stereocenters. The van der Waals surface area contributed by atoms with Crippen molar-refractivity contribution in [3.05, 3.63) is 88.7 Å². The number of carbonyl (C=O) groups is 1. The van der Waals surface area contributed by atoms with Gasteiger partial charge in [-0.2, -0.15) is 0 Å². The summed E-state index contributed by atoms with van der Waals surface area (Å²) < 4.78 is 14.3. The molecule has 7 heteroatoms. The molecular weight excluding hydrogens is 494 g/mol. The van der Waals surface area contributed by atoms with Gasteiger partial charge in [0.25, 0.3) is 5.91 Å². The van der Waals surface area contributed by atoms with Gasteiger partial charge in [-0.3, -0.25) is 4.79 Å². The molecule has 4 rings (SSSR count). The lowest BCUT2D eigenvalue weighted by Crippen LogP contribution is -2.25. The van der Waals surface area contributed by atoms with Crippen molar-refractivity contribution in [1.82, 2.24) is 14.9 Å². The Labute approximate surface area is 208 Å². The Morgan fingerprint density at radius 1 is 1.00 bits per heavy atom. The molecule has 4 aromatic rings. The highest BCUT2D eigenvalue weighted by atomic mass is 79.9. The van der Waals surface area contributed by atoms with Crippen molar-refractivity contribution < 1.29 is 14.3 Å². The van der Waals surface area contributed by atoms with Crippen molar-refractivity contribution in [3.63, 3.8) is 0 Å². The smallest absolute Gasteiger partial charge is 0.251 e. The largest absolute Gasteiger partial charge is 0.497 e. The molecule has 0 spiro atoms. The fourth-order valence-corrected chi connectivity index (χ4v) is 4.25. The Morgan fingerprint density at radius 2 is 1.82 bits per heavy atom. The summed E-state index contributed by atoms with van der Waals surface area (Å²) in [6.45, 7) is 2.00. The van der Waals surface area contributed by atoms with Gasteiger partial charge in [0.05, 0.1) is 24.8 Å². The second-order valence-electron chi connectivity index (χ2n) is 7.92. The normalized spacial score (nSPS) is 10.9. The third-order valence-corrected chi connectivity index (χ3v) is 6.01. The van der Waals surface area contributed by atoms with E-state index < -0.39 is 0 Å². The molecule has 0 aliphatic rings. The molecule has 0 fully saturated rings. The van der Waals surface area contributed by atoms with Crippen LogP contribution >= 0.6 is 15.9 Å². The SMILES string of the molecule is COc1cccc(OCCCn2c(CCCNC(=O)c3cccc(Br)c3)nc3ccccc32)c1. The Bertz CT molecular complexity index is 1250. The zero-order valence-corrected chi connectivity index (χ0v) is 20.8. The molecule has 34 heavy (non-hydrogen) atoms. The Hall–Kier alpha value is -3.32. The Kier molecular flexibility index (Phi) is 8.20. The number of nitrogens with one attached hydrogen (secondary N) is 1. The number of carbonyl (C=O) groups excluding carboxylic acids is 1. The molecular formula is C27H28BrN3O3. The molecule has 0 aliphatic carbocycles. The first-order chi connectivity index (χ1) is 16.6. The van der Waals surface area contributed by atoms with Gasteiger partial charge >= 0.3 is 0 Å². The summed E-state index contributed by atoms with van der Waals surface area (Å²) in [5.74, 6) is 2.55. The fourth-order valence-electron chi connectivity index (χ4n) is 3.85. The van der Waals surface area contributed by atoms with Crippen LogP contribution in [0.3, 0.4) is 0 Å². The molecule has 1 aromatic heterocycles. The Morgan fingerprint density at radius 3 is 2.68 bits per heavy atom. The number of aromatic nitrogens is 2. The lowest BCUT2D eigenvalue weighted by atomic mass is 10.2. The highest BCUT2D eigenvalue weighted by molar-refractivity contribution is 9.10. The molecule has 1 amide bonds. The monoisotopic (exact) mass is 521 g/mol. The number of nitrogens with zero attached hydrogens (tertiary/aromatic N) is 2. The van der Waals surface area contributed by atoms with Crippen LogP contribution in [-0.2, 0) is 13.0 Å². The Balaban J connectivity index is 1.32. The van der Waals surface area contributed by atoms with Crippen LogP contribution in [0.5, 0.6) is 11.5 Å². The first kappa shape index (κ1) is 23.8. The quantitative estimate of drug-likeness (QED) is 0.259. The number of rotatable bonds is 11. The van der Waals surface area contributed by atoms with Gasteiger partial charge in [0.15, 0.2) is 0 Å². The van der Waals surface area contributed by atoms with Crippen molar-refractivity contribution in [2.75, 3.05) is 20.3 Å². The zero-order chi connectivity index (χ0) is 23.8. The standard InChI is InChI=1S/C27H28BrN3O3/c1-33-22-10-5-11-23(19-22)34-17-7-16-31-25-13-3-2-12-24(25)30-26(31)14-6-15-29-27(32)20-8-4-9-21(28)18-20/h2-5,8-13,18-19H,6-7,14-17H2,1H3,(H,29,32). The summed E-state index contributed by atoms with van der Waals surface area (Å²) in [6, 6.07) is 23.2. The number of aryl methyl sites for hydroxylation is 2. The number of ether oxygens (including phenoxy) is 2. The highest BCUT2D eigenvalue weighted by Gasteiger charge is 2.11. The van der Waals surface area contributed by atoms with Crippen LogP contribution in [0.4, 0.5) is 0 Å². The number of imidazole rings is 1. The van der Waals surface area contributed by atoms with Gasteiger partial charge in [-0.15, -0.1) is 0 Å². The van der Waals surface area contributed by atoms with E-state index in [4.69, 9.17) is 14.5 Å². The molecule has 6 nitrogen and oxygen atoms in total. The number of amides is 1. The lowest BCUT2D eigenvalue weighted by Gasteiger charge is -2.11. The predicted octanol–water partition coefficient (Wildman–Crippen LogP) is 5.64. The van der Waals surface area contributed by atoms with E-state index in [0.717, 1.165) is 58.6 Å². The fraction of sp³-hybridized carbons (Fsp3) is 0.259. The molecule has 0 saturated heterocycles. The number of para-hydroxylation sites is 2. The number of benzene rings is 3. The highest BCUT2D eigenvalue weighted by Crippen LogP contribution is 2.20. The van der Waals surface area contributed by atoms with E-state index in [2.05, 4.69) is 31.9 Å². The maximum Gasteiger partial charge on any atom is 0.251 e. The predicted molar refractivity (Wildman–Crippen MR) is 138 cm³/mol. The van der Waals surface area contributed by atoms with E-state index in [-0.39, 0.29) is 5.91 Å². The number of halogens is 1. The van der Waals surface area contributed by atoms with Crippen LogP contribution in [0.15, 0.2) is 77.3 Å². The summed E-state index contributed by atoms with van der Waals surface area (Å²) in [6.07, 6.45) is 2.44. The summed E-state index contributed by atoms with van der Waals surface area (Å²) in [5.41, 5.74) is 2.76. The number of methoxy groups -OCH3 is 1. The topological polar surface area (TPSA) is 65.4 Å². The van der Waals surface area contributed by atoms with Gasteiger partial charge in [-0.25, -0.2) is 4.98 Å². The summed E-state index contributed by atoms with van der Waals surface area (Å²) in [4.78, 5) is 17.2. The van der Waals surface area contributed by atoms with Gasteiger partial charge in [0, 0.05) is 35.6 Å². The van der Waals surface area contributed by atoms with E-state index in [9.17, 15) is 4.79 Å². The van der Waals surface area contributed by atoms with Gasteiger partial charge in [-0.05, 0) is 55.3 Å². The summed E-state index contributed by atoms with van der Waals surface area (Å²) >= 11 is 3.41. The van der Waals surface area contributed by atoms with E-state index in [0.29, 0.717) is 18.7 Å². The van der Waals surface area contributed by atoms with Gasteiger partial charge in [0.1, 0.15) is 17.3 Å². The van der Waals surface area contributed by atoms with Crippen LogP contribution in [0.2, 0.25) is 0 Å².